The molecule has 0 saturated carbocycles. The summed E-state index contributed by atoms with van der Waals surface area (Å²) in [6.07, 6.45) is 2.58. The van der Waals surface area contributed by atoms with E-state index in [1.165, 1.54) is 5.56 Å². The molecule has 0 radical (unpaired) electrons. The molecule has 7 heteroatoms. The lowest BCUT2D eigenvalue weighted by Crippen LogP contribution is -2.41. The number of ether oxygens (including phenoxy) is 2. The molecule has 1 saturated heterocycles. The highest BCUT2D eigenvalue weighted by Gasteiger charge is 2.23. The second kappa shape index (κ2) is 6.83. The van der Waals surface area contributed by atoms with Gasteiger partial charge in [-0.1, -0.05) is 12.1 Å². The number of anilines is 2. The van der Waals surface area contributed by atoms with E-state index >= 15 is 0 Å². The summed E-state index contributed by atoms with van der Waals surface area (Å²) in [5.74, 6) is 1.57. The third-order valence-corrected chi connectivity index (χ3v) is 5.36. The molecule has 0 aliphatic carbocycles. The number of amides is 1. The molecule has 1 aromatic carbocycles. The Labute approximate surface area is 162 Å². The molecule has 2 aliphatic heterocycles. The summed E-state index contributed by atoms with van der Waals surface area (Å²) < 4.78 is 13.1. The summed E-state index contributed by atoms with van der Waals surface area (Å²) in [7, 11) is 0. The van der Waals surface area contributed by atoms with E-state index in [-0.39, 0.29) is 5.91 Å². The monoisotopic (exact) mass is 378 g/mol. The molecule has 1 fully saturated rings. The molecular weight excluding hydrogens is 356 g/mol. The van der Waals surface area contributed by atoms with Crippen molar-refractivity contribution in [3.05, 3.63) is 53.5 Å². The van der Waals surface area contributed by atoms with E-state index in [0.29, 0.717) is 44.4 Å². The zero-order valence-electron chi connectivity index (χ0n) is 15.8. The lowest BCUT2D eigenvalue weighted by Gasteiger charge is -2.27. The molecule has 0 bridgehead atoms. The van der Waals surface area contributed by atoms with E-state index in [2.05, 4.69) is 16.4 Å². The Morgan fingerprint density at radius 2 is 2.00 bits per heavy atom. The zero-order valence-corrected chi connectivity index (χ0v) is 15.8. The first kappa shape index (κ1) is 17.1. The van der Waals surface area contributed by atoms with Gasteiger partial charge >= 0.3 is 0 Å². The minimum Gasteiger partial charge on any atom is -0.491 e. The molecule has 2 aliphatic rings. The van der Waals surface area contributed by atoms with E-state index in [4.69, 9.17) is 9.47 Å². The van der Waals surface area contributed by atoms with Gasteiger partial charge in [0.2, 0.25) is 0 Å². The number of aromatic nitrogens is 2. The summed E-state index contributed by atoms with van der Waals surface area (Å²) in [5, 5.41) is 3.40. The molecule has 4 heterocycles. The van der Waals surface area contributed by atoms with Crippen molar-refractivity contribution in [1.82, 2.24) is 14.3 Å². The average molecular weight is 378 g/mol. The van der Waals surface area contributed by atoms with Gasteiger partial charge in [0.25, 0.3) is 5.91 Å². The number of nitrogens with zero attached hydrogens (tertiary/aromatic N) is 3. The van der Waals surface area contributed by atoms with Gasteiger partial charge in [0.05, 0.1) is 37.2 Å². The highest BCUT2D eigenvalue weighted by Crippen LogP contribution is 2.36. The summed E-state index contributed by atoms with van der Waals surface area (Å²) >= 11 is 0. The minimum atomic E-state index is -0.0180. The summed E-state index contributed by atoms with van der Waals surface area (Å²) in [6, 6.07) is 10.1. The van der Waals surface area contributed by atoms with Crippen LogP contribution < -0.4 is 10.1 Å². The van der Waals surface area contributed by atoms with Gasteiger partial charge in [-0.3, -0.25) is 4.79 Å². The molecule has 28 heavy (non-hydrogen) atoms. The number of carbonyl (C=O) groups excluding carboxylic acids is 1. The molecule has 0 unspecified atom stereocenters. The Kier molecular flexibility index (Phi) is 4.16. The van der Waals surface area contributed by atoms with Crippen LogP contribution in [0.4, 0.5) is 11.5 Å². The second-order valence-corrected chi connectivity index (χ2v) is 7.11. The molecule has 144 valence electrons. The van der Waals surface area contributed by atoms with Crippen molar-refractivity contribution in [3.8, 4) is 5.75 Å². The van der Waals surface area contributed by atoms with Crippen molar-refractivity contribution in [2.75, 3.05) is 38.2 Å². The number of hydrogen-bond donors (Lipinski definition) is 1. The van der Waals surface area contributed by atoms with Crippen LogP contribution in [0, 0.1) is 6.92 Å². The summed E-state index contributed by atoms with van der Waals surface area (Å²) in [5.41, 5.74) is 4.53. The number of nitrogens with one attached hydrogen (secondary N) is 1. The van der Waals surface area contributed by atoms with Crippen molar-refractivity contribution >= 4 is 22.9 Å². The van der Waals surface area contributed by atoms with Crippen molar-refractivity contribution in [2.24, 2.45) is 0 Å². The number of benzene rings is 1. The quantitative estimate of drug-likeness (QED) is 0.759. The van der Waals surface area contributed by atoms with Crippen molar-refractivity contribution in [2.45, 2.75) is 13.3 Å². The Bertz CT molecular complexity index is 1050. The van der Waals surface area contributed by atoms with Gasteiger partial charge in [0, 0.05) is 25.2 Å². The second-order valence-electron chi connectivity index (χ2n) is 7.11. The number of aryl methyl sites for hydroxylation is 1. The van der Waals surface area contributed by atoms with E-state index < -0.39 is 0 Å². The fourth-order valence-corrected chi connectivity index (χ4v) is 3.91. The molecule has 3 aromatic rings. The lowest BCUT2D eigenvalue weighted by molar-refractivity contribution is 0.0297. The highest BCUT2D eigenvalue weighted by molar-refractivity contribution is 5.94. The summed E-state index contributed by atoms with van der Waals surface area (Å²) in [4.78, 5) is 19.5. The largest absolute Gasteiger partial charge is 0.491 e. The van der Waals surface area contributed by atoms with Crippen LogP contribution >= 0.6 is 0 Å². The molecule has 1 N–H and O–H groups in total. The van der Waals surface area contributed by atoms with Gasteiger partial charge in [0.15, 0.2) is 5.82 Å². The number of rotatable bonds is 3. The first-order valence-electron chi connectivity index (χ1n) is 9.58. The van der Waals surface area contributed by atoms with Crippen LogP contribution in [0.1, 0.15) is 21.7 Å². The standard InChI is InChI=1S/C21H22N4O3/c1-14-5-6-17-20(23-16-4-2-3-15-7-10-28-19(15)16)22-13-18(25(14)17)21(26)24-8-11-27-12-9-24/h2-6,13H,7-12H2,1H3,(H,22,23). The molecular formula is C21H22N4O3. The van der Waals surface area contributed by atoms with Crippen LogP contribution in [0.25, 0.3) is 5.52 Å². The number of morpholine rings is 1. The first-order chi connectivity index (χ1) is 13.7. The lowest BCUT2D eigenvalue weighted by atomic mass is 10.1. The average Bonchev–Trinajstić information content (AvgIpc) is 3.36. The normalized spacial score (nSPS) is 16.1. The van der Waals surface area contributed by atoms with E-state index in [9.17, 15) is 4.79 Å². The molecule has 1 amide bonds. The predicted octanol–water partition coefficient (Wildman–Crippen LogP) is 2.79. The maximum Gasteiger partial charge on any atom is 0.272 e. The highest BCUT2D eigenvalue weighted by atomic mass is 16.5. The third kappa shape index (κ3) is 2.79. The van der Waals surface area contributed by atoms with E-state index in [1.54, 1.807) is 6.20 Å². The molecule has 0 atom stereocenters. The van der Waals surface area contributed by atoms with Crippen molar-refractivity contribution in [1.29, 1.82) is 0 Å². The maximum atomic E-state index is 13.1. The molecule has 2 aromatic heterocycles. The summed E-state index contributed by atoms with van der Waals surface area (Å²) in [6.45, 7) is 5.06. The minimum absolute atomic E-state index is 0.0180. The number of para-hydroxylation sites is 1. The van der Waals surface area contributed by atoms with E-state index in [1.807, 2.05) is 40.5 Å². The van der Waals surface area contributed by atoms with Crippen LogP contribution in [-0.4, -0.2) is 53.1 Å². The van der Waals surface area contributed by atoms with Gasteiger partial charge < -0.3 is 24.1 Å². The van der Waals surface area contributed by atoms with Gasteiger partial charge in [-0.15, -0.1) is 0 Å². The maximum absolute atomic E-state index is 13.1. The van der Waals surface area contributed by atoms with Crippen LogP contribution in [0.3, 0.4) is 0 Å². The fourth-order valence-electron chi connectivity index (χ4n) is 3.91. The Balaban J connectivity index is 1.54. The topological polar surface area (TPSA) is 68.1 Å². The fraction of sp³-hybridized carbons (Fsp3) is 0.333. The van der Waals surface area contributed by atoms with Gasteiger partial charge in [-0.2, -0.15) is 0 Å². The zero-order chi connectivity index (χ0) is 19.1. The van der Waals surface area contributed by atoms with Gasteiger partial charge in [0.1, 0.15) is 11.4 Å². The Hall–Kier alpha value is -3.06. The van der Waals surface area contributed by atoms with Gasteiger partial charge in [-0.05, 0) is 30.7 Å². The van der Waals surface area contributed by atoms with Crippen LogP contribution in [0.2, 0.25) is 0 Å². The van der Waals surface area contributed by atoms with Crippen molar-refractivity contribution in [3.63, 3.8) is 0 Å². The van der Waals surface area contributed by atoms with E-state index in [0.717, 1.165) is 29.1 Å². The Morgan fingerprint density at radius 3 is 2.86 bits per heavy atom. The Morgan fingerprint density at radius 1 is 1.14 bits per heavy atom. The van der Waals surface area contributed by atoms with Gasteiger partial charge in [-0.25, -0.2) is 4.98 Å². The smallest absolute Gasteiger partial charge is 0.272 e. The molecule has 7 nitrogen and oxygen atoms in total. The third-order valence-electron chi connectivity index (χ3n) is 5.36. The van der Waals surface area contributed by atoms with Crippen molar-refractivity contribution < 1.29 is 14.3 Å². The van der Waals surface area contributed by atoms with Crippen LogP contribution in [-0.2, 0) is 11.2 Å². The number of carbonyl (C=O) groups is 1. The predicted molar refractivity (Wildman–Crippen MR) is 106 cm³/mol. The first-order valence-corrected chi connectivity index (χ1v) is 9.58. The number of hydrogen-bond acceptors (Lipinski definition) is 5. The molecule has 5 rings (SSSR count). The number of fused-ring (bicyclic) bond motifs is 2. The van der Waals surface area contributed by atoms with Crippen LogP contribution in [0.5, 0.6) is 5.75 Å². The SMILES string of the molecule is Cc1ccc2c(Nc3cccc4c3OCC4)ncc(C(=O)N3CCOCC3)n12. The van der Waals surface area contributed by atoms with Crippen LogP contribution in [0.15, 0.2) is 36.5 Å². The molecule has 0 spiro atoms.